The number of aromatic hydroxyl groups is 1. The van der Waals surface area contributed by atoms with Gasteiger partial charge in [0.05, 0.1) is 5.56 Å². The number of nitrogens with zero attached hydrogens (tertiary/aromatic N) is 2. The van der Waals surface area contributed by atoms with E-state index in [4.69, 9.17) is 0 Å². The van der Waals surface area contributed by atoms with Crippen LogP contribution in [0, 0.1) is 5.82 Å². The lowest BCUT2D eigenvalue weighted by Crippen LogP contribution is -2.47. The quantitative estimate of drug-likeness (QED) is 0.176. The lowest BCUT2D eigenvalue weighted by molar-refractivity contribution is -0.133. The molecule has 1 fully saturated rings. The van der Waals surface area contributed by atoms with E-state index in [1.165, 1.54) is 22.4 Å². The number of thiazole rings is 1. The van der Waals surface area contributed by atoms with Crippen molar-refractivity contribution in [3.05, 3.63) is 100 Å². The topological polar surface area (TPSA) is 153 Å². The van der Waals surface area contributed by atoms with Gasteiger partial charge in [0.2, 0.25) is 11.8 Å². The molecule has 1 saturated heterocycles. The minimum Gasteiger partial charge on any atom is -0.508 e. The average molecular weight is 615 g/mol. The number of piperidine rings is 1. The van der Waals surface area contributed by atoms with Gasteiger partial charge in [0.25, 0.3) is 11.8 Å². The first-order valence-corrected chi connectivity index (χ1v) is 14.7. The summed E-state index contributed by atoms with van der Waals surface area (Å²) in [6.07, 6.45) is 2.18. The van der Waals surface area contributed by atoms with Crippen LogP contribution in [-0.4, -0.2) is 44.7 Å². The van der Waals surface area contributed by atoms with Gasteiger partial charge < -0.3 is 20.6 Å². The number of carbonyl (C=O) groups is 4. The zero-order valence-corrected chi connectivity index (χ0v) is 24.0. The Labute approximate surface area is 255 Å². The molecule has 44 heavy (non-hydrogen) atoms. The van der Waals surface area contributed by atoms with Crippen LogP contribution < -0.4 is 21.3 Å². The number of nitrogens with one attached hydrogen (secondary N) is 4. The lowest BCUT2D eigenvalue weighted by atomic mass is 10.0. The van der Waals surface area contributed by atoms with Gasteiger partial charge in [-0.05, 0) is 53.9 Å². The number of carbonyl (C=O) groups excluding carboxylic acids is 4. The first-order chi connectivity index (χ1) is 21.3. The van der Waals surface area contributed by atoms with Gasteiger partial charge in [0.1, 0.15) is 23.7 Å². The highest BCUT2D eigenvalue weighted by Crippen LogP contribution is 2.38. The molecule has 2 unspecified atom stereocenters. The van der Waals surface area contributed by atoms with Gasteiger partial charge in [0.15, 0.2) is 5.13 Å². The van der Waals surface area contributed by atoms with Crippen LogP contribution in [0.2, 0.25) is 0 Å². The third-order valence-corrected chi connectivity index (χ3v) is 8.15. The summed E-state index contributed by atoms with van der Waals surface area (Å²) in [6.45, 7) is 0.397. The molecule has 11 nitrogen and oxygen atoms in total. The maximum absolute atomic E-state index is 14.3. The summed E-state index contributed by atoms with van der Waals surface area (Å²) in [5, 5.41) is 24.1. The molecule has 2 atom stereocenters. The van der Waals surface area contributed by atoms with Crippen molar-refractivity contribution in [3.8, 4) is 5.75 Å². The third-order valence-electron chi connectivity index (χ3n) is 7.46. The molecule has 4 amide bonds. The van der Waals surface area contributed by atoms with Crippen LogP contribution in [0.1, 0.15) is 45.9 Å². The van der Waals surface area contributed by atoms with Crippen molar-refractivity contribution >= 4 is 51.5 Å². The third kappa shape index (κ3) is 5.95. The average Bonchev–Trinajstić information content (AvgIpc) is 3.63. The fourth-order valence-electron chi connectivity index (χ4n) is 5.39. The van der Waals surface area contributed by atoms with E-state index in [0.29, 0.717) is 40.6 Å². The maximum Gasteiger partial charge on any atom is 0.257 e. The van der Waals surface area contributed by atoms with Crippen molar-refractivity contribution < 1.29 is 28.7 Å². The molecule has 13 heteroatoms. The molecular formula is C31H27FN6O5S. The molecule has 0 saturated carbocycles. The SMILES string of the molecule is O=C1CCC(Nc2cccc(CNc3cccc4c3C(=O)N(C(C(=O)Nc3nccs3)c3cc(F)ccc3O)C4)c2)C(=O)N1. The van der Waals surface area contributed by atoms with E-state index in [0.717, 1.165) is 23.8 Å². The van der Waals surface area contributed by atoms with Crippen LogP contribution in [0.25, 0.3) is 0 Å². The van der Waals surface area contributed by atoms with Crippen molar-refractivity contribution in [1.29, 1.82) is 0 Å². The number of aromatic nitrogens is 1. The molecule has 0 radical (unpaired) electrons. The summed E-state index contributed by atoms with van der Waals surface area (Å²) in [5.74, 6) is -2.73. The van der Waals surface area contributed by atoms with Crippen LogP contribution in [-0.2, 0) is 27.5 Å². The molecule has 2 aliphatic rings. The minimum absolute atomic E-state index is 0.0463. The molecule has 224 valence electrons. The smallest absolute Gasteiger partial charge is 0.257 e. The Morgan fingerprint density at radius 2 is 1.98 bits per heavy atom. The zero-order valence-electron chi connectivity index (χ0n) is 23.2. The van der Waals surface area contributed by atoms with Gasteiger partial charge in [-0.1, -0.05) is 24.3 Å². The van der Waals surface area contributed by atoms with E-state index < -0.39 is 29.7 Å². The van der Waals surface area contributed by atoms with Crippen LogP contribution in [0.3, 0.4) is 0 Å². The number of fused-ring (bicyclic) bond motifs is 1. The second-order valence-electron chi connectivity index (χ2n) is 10.4. The summed E-state index contributed by atoms with van der Waals surface area (Å²) in [4.78, 5) is 56.4. The van der Waals surface area contributed by atoms with Gasteiger partial charge >= 0.3 is 0 Å². The number of rotatable bonds is 9. The first kappa shape index (κ1) is 28.8. The van der Waals surface area contributed by atoms with E-state index >= 15 is 0 Å². The first-order valence-electron chi connectivity index (χ1n) is 13.8. The summed E-state index contributed by atoms with van der Waals surface area (Å²) >= 11 is 1.19. The van der Waals surface area contributed by atoms with Gasteiger partial charge in [-0.15, -0.1) is 11.3 Å². The molecule has 6 rings (SSSR count). The number of halogens is 1. The molecule has 3 heterocycles. The molecule has 5 N–H and O–H groups in total. The Morgan fingerprint density at radius 3 is 2.77 bits per heavy atom. The van der Waals surface area contributed by atoms with Crippen LogP contribution >= 0.6 is 11.3 Å². The molecule has 0 aliphatic carbocycles. The van der Waals surface area contributed by atoms with Gasteiger partial charge in [0, 0.05) is 48.0 Å². The zero-order chi connectivity index (χ0) is 30.8. The Morgan fingerprint density at radius 1 is 1.14 bits per heavy atom. The number of anilines is 3. The summed E-state index contributed by atoms with van der Waals surface area (Å²) in [6, 6.07) is 14.2. The summed E-state index contributed by atoms with van der Waals surface area (Å²) in [5.41, 5.74) is 3.11. The number of benzene rings is 3. The number of hydrogen-bond acceptors (Lipinski definition) is 9. The predicted octanol–water partition coefficient (Wildman–Crippen LogP) is 4.15. The van der Waals surface area contributed by atoms with E-state index in [9.17, 15) is 28.7 Å². The Kier molecular flexibility index (Phi) is 7.94. The molecule has 1 aromatic heterocycles. The lowest BCUT2D eigenvalue weighted by Gasteiger charge is -2.27. The molecule has 4 aromatic rings. The molecule has 3 aromatic carbocycles. The van der Waals surface area contributed by atoms with E-state index in [-0.39, 0.29) is 36.1 Å². The van der Waals surface area contributed by atoms with E-state index in [1.54, 1.807) is 23.6 Å². The minimum atomic E-state index is -1.34. The normalized spacial score (nSPS) is 16.7. The number of hydrogen-bond donors (Lipinski definition) is 5. The van der Waals surface area contributed by atoms with E-state index in [1.807, 2.05) is 24.3 Å². The Bertz CT molecular complexity index is 1760. The Balaban J connectivity index is 1.22. The highest BCUT2D eigenvalue weighted by Gasteiger charge is 2.40. The van der Waals surface area contributed by atoms with Crippen LogP contribution in [0.5, 0.6) is 5.75 Å². The summed E-state index contributed by atoms with van der Waals surface area (Å²) < 4.78 is 14.3. The fraction of sp³-hybridized carbons (Fsp3) is 0.194. The van der Waals surface area contributed by atoms with E-state index in [2.05, 4.69) is 26.3 Å². The number of amides is 4. The highest BCUT2D eigenvalue weighted by molar-refractivity contribution is 7.13. The van der Waals surface area contributed by atoms with Crippen LogP contribution in [0.4, 0.5) is 20.9 Å². The number of phenolic OH excluding ortho intramolecular Hbond substituents is 1. The molecule has 2 aliphatic heterocycles. The predicted molar refractivity (Wildman–Crippen MR) is 161 cm³/mol. The van der Waals surface area contributed by atoms with Crippen molar-refractivity contribution in [2.45, 2.75) is 38.0 Å². The standard InChI is InChI=1S/C31H27FN6O5S/c32-19-7-9-24(39)21(14-19)27(29(42)37-31-33-11-12-44-31)38-16-18-4-2-6-22(26(18)30(38)43)34-15-17-3-1-5-20(13-17)35-23-8-10-25(40)36-28(23)41/h1-7,9,11-14,23,27,34-35,39H,8,10,15-16H2,(H,33,37,42)(H,36,40,41). The van der Waals surface area contributed by atoms with Crippen molar-refractivity contribution in [2.24, 2.45) is 0 Å². The van der Waals surface area contributed by atoms with Crippen molar-refractivity contribution in [3.63, 3.8) is 0 Å². The fourth-order valence-corrected chi connectivity index (χ4v) is 5.93. The molecular weight excluding hydrogens is 587 g/mol. The monoisotopic (exact) mass is 614 g/mol. The van der Waals surface area contributed by atoms with Gasteiger partial charge in [-0.25, -0.2) is 9.37 Å². The molecule has 0 spiro atoms. The van der Waals surface area contributed by atoms with Gasteiger partial charge in [-0.3, -0.25) is 29.8 Å². The largest absolute Gasteiger partial charge is 0.508 e. The number of phenols is 1. The second-order valence-corrected chi connectivity index (χ2v) is 11.3. The maximum atomic E-state index is 14.3. The van der Waals surface area contributed by atoms with Crippen LogP contribution in [0.15, 0.2) is 72.2 Å². The number of imide groups is 1. The van der Waals surface area contributed by atoms with Crippen molar-refractivity contribution in [2.75, 3.05) is 16.0 Å². The highest BCUT2D eigenvalue weighted by atomic mass is 32.1. The summed E-state index contributed by atoms with van der Waals surface area (Å²) in [7, 11) is 0. The second kappa shape index (κ2) is 12.1. The van der Waals surface area contributed by atoms with Crippen molar-refractivity contribution in [1.82, 2.24) is 15.2 Å². The van der Waals surface area contributed by atoms with Gasteiger partial charge in [-0.2, -0.15) is 0 Å². The molecule has 0 bridgehead atoms. The Hall–Kier alpha value is -5.30.